The summed E-state index contributed by atoms with van der Waals surface area (Å²) in [4.78, 5) is 4.12. The predicted octanol–water partition coefficient (Wildman–Crippen LogP) is 2.80. The fourth-order valence-electron chi connectivity index (χ4n) is 2.52. The van der Waals surface area contributed by atoms with Crippen LogP contribution in [0.4, 0.5) is 5.69 Å². The first-order chi connectivity index (χ1) is 8.34. The van der Waals surface area contributed by atoms with Crippen LogP contribution in [0.5, 0.6) is 0 Å². The minimum atomic E-state index is 0.495. The Labute approximate surface area is 104 Å². The first-order valence-corrected chi connectivity index (χ1v) is 6.74. The number of anilines is 1. The van der Waals surface area contributed by atoms with E-state index in [0.717, 1.165) is 5.69 Å². The smallest absolute Gasteiger partial charge is 0.0528 e. The molecule has 2 rings (SSSR count). The monoisotopic (exact) mass is 233 g/mol. The van der Waals surface area contributed by atoms with Gasteiger partial charge in [0.2, 0.25) is 0 Å². The molecule has 0 aromatic carbocycles. The lowest BCUT2D eigenvalue weighted by Crippen LogP contribution is -2.33. The lowest BCUT2D eigenvalue weighted by molar-refractivity contribution is 0.456. The van der Waals surface area contributed by atoms with Crippen molar-refractivity contribution in [1.82, 2.24) is 10.3 Å². The van der Waals surface area contributed by atoms with Gasteiger partial charge in [-0.1, -0.05) is 12.8 Å². The molecule has 1 aromatic heterocycles. The second-order valence-corrected chi connectivity index (χ2v) is 5.02. The van der Waals surface area contributed by atoms with Crippen LogP contribution in [-0.2, 0) is 0 Å². The summed E-state index contributed by atoms with van der Waals surface area (Å²) in [6.07, 6.45) is 10.3. The van der Waals surface area contributed by atoms with Gasteiger partial charge in [-0.15, -0.1) is 0 Å². The summed E-state index contributed by atoms with van der Waals surface area (Å²) in [5, 5.41) is 7.15. The standard InChI is InChI=1S/C14H23N3/c1-12(17-14-7-5-8-15-11-14)10-13-6-3-2-4-9-16-13/h5,7-8,11-13,16-17H,2-4,6,9-10H2,1H3. The number of pyridine rings is 1. The Morgan fingerprint density at radius 3 is 3.24 bits per heavy atom. The van der Waals surface area contributed by atoms with E-state index in [1.165, 1.54) is 38.6 Å². The van der Waals surface area contributed by atoms with Gasteiger partial charge < -0.3 is 10.6 Å². The van der Waals surface area contributed by atoms with Gasteiger partial charge in [0, 0.05) is 24.5 Å². The van der Waals surface area contributed by atoms with Crippen LogP contribution in [0.25, 0.3) is 0 Å². The van der Waals surface area contributed by atoms with Crippen LogP contribution in [-0.4, -0.2) is 23.6 Å². The van der Waals surface area contributed by atoms with E-state index >= 15 is 0 Å². The van der Waals surface area contributed by atoms with E-state index in [4.69, 9.17) is 0 Å². The number of nitrogens with zero attached hydrogens (tertiary/aromatic N) is 1. The van der Waals surface area contributed by atoms with Crippen molar-refractivity contribution in [2.75, 3.05) is 11.9 Å². The van der Waals surface area contributed by atoms with Crippen molar-refractivity contribution in [3.63, 3.8) is 0 Å². The van der Waals surface area contributed by atoms with Crippen LogP contribution in [0.3, 0.4) is 0 Å². The van der Waals surface area contributed by atoms with E-state index < -0.39 is 0 Å². The van der Waals surface area contributed by atoms with Crippen LogP contribution in [0.1, 0.15) is 39.0 Å². The second kappa shape index (κ2) is 6.60. The third-order valence-corrected chi connectivity index (χ3v) is 3.38. The molecule has 94 valence electrons. The largest absolute Gasteiger partial charge is 0.381 e. The van der Waals surface area contributed by atoms with Crippen molar-refractivity contribution in [2.24, 2.45) is 0 Å². The van der Waals surface area contributed by atoms with E-state index in [1.807, 2.05) is 18.5 Å². The second-order valence-electron chi connectivity index (χ2n) is 5.02. The Balaban J connectivity index is 1.78. The van der Waals surface area contributed by atoms with Crippen LogP contribution in [0.2, 0.25) is 0 Å². The normalized spacial score (nSPS) is 22.8. The Hall–Kier alpha value is -1.09. The molecule has 1 aliphatic rings. The molecule has 0 spiro atoms. The molecule has 0 amide bonds. The van der Waals surface area contributed by atoms with Gasteiger partial charge in [0.15, 0.2) is 0 Å². The zero-order valence-electron chi connectivity index (χ0n) is 10.7. The number of nitrogens with one attached hydrogen (secondary N) is 2. The summed E-state index contributed by atoms with van der Waals surface area (Å²) in [6, 6.07) is 5.22. The molecule has 17 heavy (non-hydrogen) atoms. The van der Waals surface area contributed by atoms with Gasteiger partial charge >= 0.3 is 0 Å². The van der Waals surface area contributed by atoms with Gasteiger partial charge in [0.05, 0.1) is 5.69 Å². The first kappa shape index (κ1) is 12.4. The fourth-order valence-corrected chi connectivity index (χ4v) is 2.52. The lowest BCUT2D eigenvalue weighted by atomic mass is 10.0. The first-order valence-electron chi connectivity index (χ1n) is 6.74. The predicted molar refractivity (Wildman–Crippen MR) is 72.2 cm³/mol. The van der Waals surface area contributed by atoms with Crippen LogP contribution < -0.4 is 10.6 Å². The average molecular weight is 233 g/mol. The zero-order valence-corrected chi connectivity index (χ0v) is 10.7. The van der Waals surface area contributed by atoms with Gasteiger partial charge in [-0.05, 0) is 44.9 Å². The molecule has 3 nitrogen and oxygen atoms in total. The van der Waals surface area contributed by atoms with Gasteiger partial charge in [-0.25, -0.2) is 0 Å². The molecule has 0 radical (unpaired) electrons. The van der Waals surface area contributed by atoms with Crippen molar-refractivity contribution in [3.8, 4) is 0 Å². The number of hydrogen-bond acceptors (Lipinski definition) is 3. The molecule has 0 aliphatic carbocycles. The van der Waals surface area contributed by atoms with Crippen molar-refractivity contribution in [2.45, 2.75) is 51.1 Å². The zero-order chi connectivity index (χ0) is 11.9. The minimum absolute atomic E-state index is 0.495. The minimum Gasteiger partial charge on any atom is -0.381 e. The maximum absolute atomic E-state index is 4.12. The summed E-state index contributed by atoms with van der Waals surface area (Å²) in [5.74, 6) is 0. The van der Waals surface area contributed by atoms with Crippen molar-refractivity contribution in [1.29, 1.82) is 0 Å². The maximum Gasteiger partial charge on any atom is 0.0528 e. The Morgan fingerprint density at radius 2 is 2.41 bits per heavy atom. The van der Waals surface area contributed by atoms with Crippen molar-refractivity contribution in [3.05, 3.63) is 24.5 Å². The van der Waals surface area contributed by atoms with Gasteiger partial charge in [-0.2, -0.15) is 0 Å². The summed E-state index contributed by atoms with van der Waals surface area (Å²) in [5.41, 5.74) is 1.12. The van der Waals surface area contributed by atoms with Gasteiger partial charge in [-0.3, -0.25) is 4.98 Å². The van der Waals surface area contributed by atoms with Gasteiger partial charge in [0.25, 0.3) is 0 Å². The van der Waals surface area contributed by atoms with E-state index in [0.29, 0.717) is 12.1 Å². The molecule has 1 aromatic rings. The summed E-state index contributed by atoms with van der Waals surface area (Å²) < 4.78 is 0. The molecule has 0 bridgehead atoms. The van der Waals surface area contributed by atoms with Crippen LogP contribution in [0, 0.1) is 0 Å². The molecule has 2 heterocycles. The van der Waals surface area contributed by atoms with Crippen molar-refractivity contribution >= 4 is 5.69 Å². The average Bonchev–Trinajstić information content (AvgIpc) is 2.59. The third kappa shape index (κ3) is 4.35. The highest BCUT2D eigenvalue weighted by Gasteiger charge is 2.14. The lowest BCUT2D eigenvalue weighted by Gasteiger charge is -2.22. The molecule has 2 atom stereocenters. The van der Waals surface area contributed by atoms with Crippen LogP contribution >= 0.6 is 0 Å². The molecule has 1 aliphatic heterocycles. The third-order valence-electron chi connectivity index (χ3n) is 3.38. The Bertz CT molecular complexity index is 305. The summed E-state index contributed by atoms with van der Waals surface area (Å²) in [6.45, 7) is 3.43. The number of hydrogen-bond donors (Lipinski definition) is 2. The van der Waals surface area contributed by atoms with E-state index in [-0.39, 0.29) is 0 Å². The van der Waals surface area contributed by atoms with E-state index in [9.17, 15) is 0 Å². The van der Waals surface area contributed by atoms with E-state index in [1.54, 1.807) is 0 Å². The molecule has 1 saturated heterocycles. The quantitative estimate of drug-likeness (QED) is 0.839. The highest BCUT2D eigenvalue weighted by atomic mass is 15.0. The Kier molecular flexibility index (Phi) is 4.80. The highest BCUT2D eigenvalue weighted by Crippen LogP contribution is 2.15. The molecule has 2 N–H and O–H groups in total. The molecule has 1 fully saturated rings. The highest BCUT2D eigenvalue weighted by molar-refractivity contribution is 5.40. The number of aromatic nitrogens is 1. The van der Waals surface area contributed by atoms with Crippen LogP contribution in [0.15, 0.2) is 24.5 Å². The SMILES string of the molecule is CC(CC1CCCCCN1)Nc1cccnc1. The van der Waals surface area contributed by atoms with Crippen molar-refractivity contribution < 1.29 is 0 Å². The number of rotatable bonds is 4. The molecule has 0 saturated carbocycles. The fraction of sp³-hybridized carbons (Fsp3) is 0.643. The molecule has 3 heteroatoms. The Morgan fingerprint density at radius 1 is 1.47 bits per heavy atom. The molecule has 2 unspecified atom stereocenters. The van der Waals surface area contributed by atoms with E-state index in [2.05, 4.69) is 28.6 Å². The summed E-state index contributed by atoms with van der Waals surface area (Å²) in [7, 11) is 0. The maximum atomic E-state index is 4.12. The van der Waals surface area contributed by atoms with Gasteiger partial charge in [0.1, 0.15) is 0 Å². The molecular formula is C14H23N3. The molecular weight excluding hydrogens is 210 g/mol. The summed E-state index contributed by atoms with van der Waals surface area (Å²) >= 11 is 0. The topological polar surface area (TPSA) is 37.0 Å².